The summed E-state index contributed by atoms with van der Waals surface area (Å²) in [6, 6.07) is 4.68. The molecule has 26 heavy (non-hydrogen) atoms. The van der Waals surface area contributed by atoms with E-state index in [2.05, 4.69) is 24.8 Å². The van der Waals surface area contributed by atoms with E-state index in [1.807, 2.05) is 0 Å². The number of aromatic amines is 1. The Morgan fingerprint density at radius 2 is 2.08 bits per heavy atom. The summed E-state index contributed by atoms with van der Waals surface area (Å²) in [6.07, 6.45) is 5.32. The van der Waals surface area contributed by atoms with Crippen LogP contribution in [0.1, 0.15) is 16.8 Å². The Kier molecular flexibility index (Phi) is 4.48. The normalized spacial score (nSPS) is 14.2. The Bertz CT molecular complexity index is 1010. The van der Waals surface area contributed by atoms with Crippen LogP contribution in [0, 0.1) is 5.82 Å². The minimum Gasteiger partial charge on any atom is -0.306 e. The van der Waals surface area contributed by atoms with Crippen molar-refractivity contribution in [1.29, 1.82) is 0 Å². The van der Waals surface area contributed by atoms with E-state index in [9.17, 15) is 9.18 Å². The average molecular weight is 372 g/mol. The van der Waals surface area contributed by atoms with Gasteiger partial charge in [0.15, 0.2) is 0 Å². The second-order valence-corrected chi connectivity index (χ2v) is 6.58. The van der Waals surface area contributed by atoms with E-state index < -0.39 is 5.82 Å². The van der Waals surface area contributed by atoms with Gasteiger partial charge >= 0.3 is 0 Å². The minimum atomic E-state index is -0.433. The number of benzene rings is 1. The van der Waals surface area contributed by atoms with Gasteiger partial charge in [0.25, 0.3) is 5.56 Å². The predicted molar refractivity (Wildman–Crippen MR) is 95.1 cm³/mol. The third kappa shape index (κ3) is 3.36. The molecule has 0 atom stereocenters. The zero-order valence-corrected chi connectivity index (χ0v) is 14.5. The molecule has 3 aromatic rings. The molecule has 0 radical (unpaired) electrons. The molecule has 1 aliphatic heterocycles. The summed E-state index contributed by atoms with van der Waals surface area (Å²) in [4.78, 5) is 29.9. The number of aromatic nitrogens is 4. The Morgan fingerprint density at radius 3 is 2.85 bits per heavy atom. The van der Waals surface area contributed by atoms with Crippen LogP contribution >= 0.6 is 11.6 Å². The van der Waals surface area contributed by atoms with Gasteiger partial charge in [0.2, 0.25) is 0 Å². The van der Waals surface area contributed by atoms with Gasteiger partial charge in [-0.3, -0.25) is 9.69 Å². The quantitative estimate of drug-likeness (QED) is 0.766. The molecule has 0 aliphatic carbocycles. The van der Waals surface area contributed by atoms with Crippen molar-refractivity contribution in [3.8, 4) is 11.4 Å². The Hall–Kier alpha value is -2.64. The zero-order valence-electron chi connectivity index (χ0n) is 13.7. The SMILES string of the molecule is O=c1[nH]c(-c2cncnc2)nc2c1CN(Cc1ccc(F)c(Cl)c1)CC2. The molecule has 4 rings (SSSR count). The zero-order chi connectivity index (χ0) is 18.1. The fourth-order valence-electron chi connectivity index (χ4n) is 3.07. The summed E-state index contributed by atoms with van der Waals surface area (Å²) >= 11 is 5.84. The maximum absolute atomic E-state index is 13.3. The van der Waals surface area contributed by atoms with Gasteiger partial charge in [-0.2, -0.15) is 0 Å². The second-order valence-electron chi connectivity index (χ2n) is 6.18. The predicted octanol–water partition coefficient (Wildman–Crippen LogP) is 2.58. The smallest absolute Gasteiger partial charge is 0.255 e. The topological polar surface area (TPSA) is 74.8 Å². The van der Waals surface area contributed by atoms with Crippen LogP contribution < -0.4 is 5.56 Å². The average Bonchev–Trinajstić information content (AvgIpc) is 2.66. The number of nitrogens with one attached hydrogen (secondary N) is 1. The van der Waals surface area contributed by atoms with Gasteiger partial charge in [-0.25, -0.2) is 19.3 Å². The number of hydrogen-bond donors (Lipinski definition) is 1. The largest absolute Gasteiger partial charge is 0.306 e. The van der Waals surface area contributed by atoms with Crippen LogP contribution in [0.25, 0.3) is 11.4 Å². The van der Waals surface area contributed by atoms with E-state index in [0.29, 0.717) is 36.5 Å². The Balaban J connectivity index is 1.57. The van der Waals surface area contributed by atoms with Crippen molar-refractivity contribution in [3.63, 3.8) is 0 Å². The van der Waals surface area contributed by atoms with Gasteiger partial charge in [-0.05, 0) is 17.7 Å². The van der Waals surface area contributed by atoms with Crippen molar-refractivity contribution < 1.29 is 4.39 Å². The number of hydrogen-bond acceptors (Lipinski definition) is 5. The number of halogens is 2. The molecule has 2 aromatic heterocycles. The number of nitrogens with zero attached hydrogens (tertiary/aromatic N) is 4. The highest BCUT2D eigenvalue weighted by atomic mass is 35.5. The maximum atomic E-state index is 13.3. The van der Waals surface area contributed by atoms with Gasteiger partial charge in [0, 0.05) is 38.4 Å². The van der Waals surface area contributed by atoms with Crippen molar-refractivity contribution in [2.24, 2.45) is 0 Å². The summed E-state index contributed by atoms with van der Waals surface area (Å²) in [6.45, 7) is 1.83. The molecule has 0 saturated carbocycles. The lowest BCUT2D eigenvalue weighted by atomic mass is 10.1. The lowest BCUT2D eigenvalue weighted by Crippen LogP contribution is -2.35. The first-order chi connectivity index (χ1) is 12.6. The molecule has 0 unspecified atom stereocenters. The van der Waals surface area contributed by atoms with Crippen molar-refractivity contribution in [1.82, 2.24) is 24.8 Å². The monoisotopic (exact) mass is 371 g/mol. The van der Waals surface area contributed by atoms with Crippen molar-refractivity contribution in [2.45, 2.75) is 19.5 Å². The van der Waals surface area contributed by atoms with Gasteiger partial charge < -0.3 is 4.98 Å². The van der Waals surface area contributed by atoms with Crippen molar-refractivity contribution in [2.75, 3.05) is 6.54 Å². The van der Waals surface area contributed by atoms with Crippen LogP contribution in [0.5, 0.6) is 0 Å². The molecular formula is C18H15ClFN5O. The van der Waals surface area contributed by atoms with E-state index in [1.54, 1.807) is 24.5 Å². The van der Waals surface area contributed by atoms with Crippen LogP contribution in [-0.4, -0.2) is 31.4 Å². The van der Waals surface area contributed by atoms with Gasteiger partial charge in [-0.15, -0.1) is 0 Å². The van der Waals surface area contributed by atoms with E-state index in [1.165, 1.54) is 12.4 Å². The lowest BCUT2D eigenvalue weighted by molar-refractivity contribution is 0.242. The maximum Gasteiger partial charge on any atom is 0.255 e. The van der Waals surface area contributed by atoms with E-state index in [-0.39, 0.29) is 10.6 Å². The molecule has 0 bridgehead atoms. The Labute approximate surface area is 153 Å². The first kappa shape index (κ1) is 16.8. The molecule has 0 saturated heterocycles. The molecule has 8 heteroatoms. The highest BCUT2D eigenvalue weighted by Crippen LogP contribution is 2.21. The third-order valence-electron chi connectivity index (χ3n) is 4.37. The molecule has 0 spiro atoms. The van der Waals surface area contributed by atoms with Crippen LogP contribution in [0.3, 0.4) is 0 Å². The summed E-state index contributed by atoms with van der Waals surface area (Å²) in [5.41, 5.74) is 2.87. The summed E-state index contributed by atoms with van der Waals surface area (Å²) < 4.78 is 13.3. The molecule has 0 fully saturated rings. The first-order valence-electron chi connectivity index (χ1n) is 8.14. The molecule has 132 valence electrons. The fourth-order valence-corrected chi connectivity index (χ4v) is 3.27. The summed E-state index contributed by atoms with van der Waals surface area (Å²) in [5, 5.41) is 0.106. The van der Waals surface area contributed by atoms with E-state index in [0.717, 1.165) is 17.8 Å². The van der Waals surface area contributed by atoms with Crippen LogP contribution in [0.2, 0.25) is 5.02 Å². The summed E-state index contributed by atoms with van der Waals surface area (Å²) in [7, 11) is 0. The number of H-pyrrole nitrogens is 1. The van der Waals surface area contributed by atoms with Gasteiger partial charge in [0.1, 0.15) is 18.0 Å². The molecule has 3 heterocycles. The second kappa shape index (κ2) is 6.93. The number of rotatable bonds is 3. The molecular weight excluding hydrogens is 357 g/mol. The number of fused-ring (bicyclic) bond motifs is 1. The van der Waals surface area contributed by atoms with Crippen LogP contribution in [0.15, 0.2) is 41.7 Å². The lowest BCUT2D eigenvalue weighted by Gasteiger charge is -2.27. The minimum absolute atomic E-state index is 0.106. The van der Waals surface area contributed by atoms with E-state index in [4.69, 9.17) is 11.6 Å². The standard InChI is InChI=1S/C18H15ClFN5O/c19-14-5-11(1-2-15(14)20)8-25-4-3-16-13(9-25)18(26)24-17(23-16)12-6-21-10-22-7-12/h1-2,5-7,10H,3-4,8-9H2,(H,23,24,26). The highest BCUT2D eigenvalue weighted by molar-refractivity contribution is 6.30. The molecule has 6 nitrogen and oxygen atoms in total. The fraction of sp³-hybridized carbons (Fsp3) is 0.222. The molecule has 1 aliphatic rings. The molecule has 0 amide bonds. The van der Waals surface area contributed by atoms with Gasteiger partial charge in [-0.1, -0.05) is 17.7 Å². The molecule has 1 aromatic carbocycles. The van der Waals surface area contributed by atoms with E-state index >= 15 is 0 Å². The van der Waals surface area contributed by atoms with Crippen LogP contribution in [0.4, 0.5) is 4.39 Å². The molecule has 1 N–H and O–H groups in total. The highest BCUT2D eigenvalue weighted by Gasteiger charge is 2.22. The van der Waals surface area contributed by atoms with Crippen LogP contribution in [-0.2, 0) is 19.5 Å². The van der Waals surface area contributed by atoms with Crippen molar-refractivity contribution in [3.05, 3.63) is 74.9 Å². The van der Waals surface area contributed by atoms with Gasteiger partial charge in [0.05, 0.1) is 21.8 Å². The first-order valence-corrected chi connectivity index (χ1v) is 8.51. The third-order valence-corrected chi connectivity index (χ3v) is 4.66. The summed E-state index contributed by atoms with van der Waals surface area (Å²) in [5.74, 6) is 0.0468. The van der Waals surface area contributed by atoms with Crippen molar-refractivity contribution >= 4 is 11.6 Å². The Morgan fingerprint density at radius 1 is 1.27 bits per heavy atom.